The minimum absolute atomic E-state index is 0.141. The average Bonchev–Trinajstić information content (AvgIpc) is 3.37. The summed E-state index contributed by atoms with van der Waals surface area (Å²) in [6.45, 7) is 4.44. The molecule has 0 radical (unpaired) electrons. The summed E-state index contributed by atoms with van der Waals surface area (Å²) in [5, 5.41) is 2.99. The van der Waals surface area contributed by atoms with Gasteiger partial charge < -0.3 is 24.4 Å². The Morgan fingerprint density at radius 3 is 2.40 bits per heavy atom. The van der Waals surface area contributed by atoms with Crippen molar-refractivity contribution >= 4 is 23.3 Å². The van der Waals surface area contributed by atoms with Crippen LogP contribution >= 0.6 is 0 Å². The number of amides is 1. The molecule has 5 rings (SSSR count). The van der Waals surface area contributed by atoms with Crippen LogP contribution in [0.25, 0.3) is 0 Å². The summed E-state index contributed by atoms with van der Waals surface area (Å²) in [6, 6.07) is 20.8. The molecule has 2 aliphatic heterocycles. The number of carbonyl (C=O) groups excluding carboxylic acids is 2. The second-order valence-electron chi connectivity index (χ2n) is 8.49. The van der Waals surface area contributed by atoms with Crippen molar-refractivity contribution in [1.82, 2.24) is 4.90 Å². The van der Waals surface area contributed by atoms with E-state index in [4.69, 9.17) is 14.2 Å². The van der Waals surface area contributed by atoms with Crippen molar-refractivity contribution in [2.45, 2.75) is 6.54 Å². The van der Waals surface area contributed by atoms with Gasteiger partial charge in [-0.1, -0.05) is 30.3 Å². The van der Waals surface area contributed by atoms with Gasteiger partial charge in [0.2, 0.25) is 6.79 Å². The van der Waals surface area contributed by atoms with Crippen molar-refractivity contribution in [3.8, 4) is 11.5 Å². The molecular weight excluding hydrogens is 446 g/mol. The minimum Gasteiger partial charge on any atom is -0.465 e. The van der Waals surface area contributed by atoms with E-state index in [0.717, 1.165) is 38.4 Å². The molecule has 180 valence electrons. The van der Waals surface area contributed by atoms with Crippen molar-refractivity contribution in [3.63, 3.8) is 0 Å². The number of ether oxygens (including phenoxy) is 3. The number of nitrogens with zero attached hydrogens (tertiary/aromatic N) is 2. The van der Waals surface area contributed by atoms with Gasteiger partial charge >= 0.3 is 5.97 Å². The fourth-order valence-corrected chi connectivity index (χ4v) is 4.38. The van der Waals surface area contributed by atoms with Gasteiger partial charge in [0.25, 0.3) is 5.91 Å². The van der Waals surface area contributed by atoms with Gasteiger partial charge in [0, 0.05) is 38.3 Å². The van der Waals surface area contributed by atoms with Crippen LogP contribution in [0, 0.1) is 0 Å². The highest BCUT2D eigenvalue weighted by atomic mass is 16.7. The van der Waals surface area contributed by atoms with Gasteiger partial charge in [0.15, 0.2) is 11.5 Å². The zero-order chi connectivity index (χ0) is 24.2. The maximum absolute atomic E-state index is 13.1. The molecule has 2 aliphatic rings. The van der Waals surface area contributed by atoms with Crippen LogP contribution in [0.1, 0.15) is 26.3 Å². The fraction of sp³-hybridized carbons (Fsp3) is 0.259. The average molecular weight is 474 g/mol. The number of carbonyl (C=O) groups is 2. The SMILES string of the molecule is COC(=O)c1ccc(N2CCN(Cc3ccccc3)CC2)c(NC(=O)c2ccc3c(c2)OCO3)c1. The first-order chi connectivity index (χ1) is 17.1. The zero-order valence-corrected chi connectivity index (χ0v) is 19.5. The molecule has 1 amide bonds. The van der Waals surface area contributed by atoms with E-state index in [1.807, 2.05) is 12.1 Å². The van der Waals surface area contributed by atoms with E-state index >= 15 is 0 Å². The lowest BCUT2D eigenvalue weighted by Gasteiger charge is -2.37. The number of piperazine rings is 1. The number of nitrogens with one attached hydrogen (secondary N) is 1. The molecule has 0 aromatic heterocycles. The van der Waals surface area contributed by atoms with Crippen LogP contribution in [0.4, 0.5) is 11.4 Å². The first-order valence-corrected chi connectivity index (χ1v) is 11.6. The van der Waals surface area contributed by atoms with E-state index in [1.54, 1.807) is 30.3 Å². The zero-order valence-electron chi connectivity index (χ0n) is 19.5. The topological polar surface area (TPSA) is 80.3 Å². The molecule has 0 unspecified atom stereocenters. The molecule has 0 atom stereocenters. The quantitative estimate of drug-likeness (QED) is 0.546. The Kier molecular flexibility index (Phi) is 6.54. The molecule has 0 saturated carbocycles. The molecule has 1 N–H and O–H groups in total. The predicted octanol–water partition coefficient (Wildman–Crippen LogP) is 3.78. The highest BCUT2D eigenvalue weighted by Crippen LogP contribution is 2.34. The molecule has 8 nitrogen and oxygen atoms in total. The predicted molar refractivity (Wildman–Crippen MR) is 132 cm³/mol. The molecule has 1 fully saturated rings. The van der Waals surface area contributed by atoms with E-state index in [9.17, 15) is 9.59 Å². The smallest absolute Gasteiger partial charge is 0.337 e. The summed E-state index contributed by atoms with van der Waals surface area (Å²) in [4.78, 5) is 29.9. The number of hydrogen-bond acceptors (Lipinski definition) is 7. The maximum Gasteiger partial charge on any atom is 0.337 e. The standard InChI is InChI=1S/C27H27N3O5/c1-33-27(32)21-7-9-23(30-13-11-29(12-14-30)17-19-5-3-2-4-6-19)22(15-21)28-26(31)20-8-10-24-25(16-20)35-18-34-24/h2-10,15-16H,11-14,17-18H2,1H3,(H,28,31). The molecular formula is C27H27N3O5. The summed E-state index contributed by atoms with van der Waals surface area (Å²) in [6.07, 6.45) is 0. The molecule has 35 heavy (non-hydrogen) atoms. The van der Waals surface area contributed by atoms with Crippen molar-refractivity contribution in [2.75, 3.05) is 50.3 Å². The van der Waals surface area contributed by atoms with Gasteiger partial charge in [0.1, 0.15) is 0 Å². The summed E-state index contributed by atoms with van der Waals surface area (Å²) < 4.78 is 15.6. The molecule has 0 aliphatic carbocycles. The van der Waals surface area contributed by atoms with Crippen LogP contribution in [0.3, 0.4) is 0 Å². The molecule has 2 heterocycles. The number of rotatable bonds is 6. The van der Waals surface area contributed by atoms with Gasteiger partial charge in [-0.3, -0.25) is 9.69 Å². The summed E-state index contributed by atoms with van der Waals surface area (Å²) in [7, 11) is 1.34. The lowest BCUT2D eigenvalue weighted by atomic mass is 10.1. The summed E-state index contributed by atoms with van der Waals surface area (Å²) in [5.41, 5.74) is 3.54. The summed E-state index contributed by atoms with van der Waals surface area (Å²) in [5.74, 6) is 0.399. The van der Waals surface area contributed by atoms with Crippen molar-refractivity contribution in [2.24, 2.45) is 0 Å². The number of benzene rings is 3. The molecule has 3 aromatic rings. The molecule has 3 aromatic carbocycles. The van der Waals surface area contributed by atoms with Crippen LogP contribution in [-0.2, 0) is 11.3 Å². The number of anilines is 2. The Balaban J connectivity index is 1.34. The Morgan fingerprint density at radius 1 is 0.886 bits per heavy atom. The van der Waals surface area contributed by atoms with Crippen LogP contribution in [0.2, 0.25) is 0 Å². The van der Waals surface area contributed by atoms with Gasteiger partial charge in [-0.2, -0.15) is 0 Å². The highest BCUT2D eigenvalue weighted by Gasteiger charge is 2.23. The fourth-order valence-electron chi connectivity index (χ4n) is 4.38. The van der Waals surface area contributed by atoms with E-state index in [-0.39, 0.29) is 12.7 Å². The minimum atomic E-state index is -0.456. The van der Waals surface area contributed by atoms with Gasteiger partial charge in [0.05, 0.1) is 24.0 Å². The van der Waals surface area contributed by atoms with Crippen LogP contribution in [-0.4, -0.2) is 56.9 Å². The van der Waals surface area contributed by atoms with Gasteiger partial charge in [-0.15, -0.1) is 0 Å². The van der Waals surface area contributed by atoms with Gasteiger partial charge in [-0.05, 0) is 42.0 Å². The Morgan fingerprint density at radius 2 is 1.63 bits per heavy atom. The second kappa shape index (κ2) is 10.1. The Labute approximate surface area is 204 Å². The molecule has 1 saturated heterocycles. The normalized spacial score (nSPS) is 15.1. The molecule has 0 bridgehead atoms. The highest BCUT2D eigenvalue weighted by molar-refractivity contribution is 6.07. The number of hydrogen-bond donors (Lipinski definition) is 1. The van der Waals surface area contributed by atoms with Crippen LogP contribution in [0.5, 0.6) is 11.5 Å². The Hall–Kier alpha value is -4.04. The second-order valence-corrected chi connectivity index (χ2v) is 8.49. The van der Waals surface area contributed by atoms with Crippen molar-refractivity contribution < 1.29 is 23.8 Å². The monoisotopic (exact) mass is 473 g/mol. The van der Waals surface area contributed by atoms with Crippen LogP contribution in [0.15, 0.2) is 66.7 Å². The third kappa shape index (κ3) is 5.07. The van der Waals surface area contributed by atoms with Gasteiger partial charge in [-0.25, -0.2) is 4.79 Å². The van der Waals surface area contributed by atoms with Crippen molar-refractivity contribution in [1.29, 1.82) is 0 Å². The lowest BCUT2D eigenvalue weighted by molar-refractivity contribution is 0.0600. The Bertz CT molecular complexity index is 1220. The molecule has 8 heteroatoms. The van der Waals surface area contributed by atoms with E-state index in [2.05, 4.69) is 39.4 Å². The number of methoxy groups -OCH3 is 1. The summed E-state index contributed by atoms with van der Waals surface area (Å²) >= 11 is 0. The van der Waals surface area contributed by atoms with Crippen LogP contribution < -0.4 is 19.7 Å². The van der Waals surface area contributed by atoms with Crippen molar-refractivity contribution in [3.05, 3.63) is 83.4 Å². The number of esters is 1. The third-order valence-corrected chi connectivity index (χ3v) is 6.26. The lowest BCUT2D eigenvalue weighted by Crippen LogP contribution is -2.46. The number of fused-ring (bicyclic) bond motifs is 1. The van der Waals surface area contributed by atoms with E-state index in [1.165, 1.54) is 12.7 Å². The van der Waals surface area contributed by atoms with E-state index < -0.39 is 5.97 Å². The first kappa shape index (κ1) is 22.7. The third-order valence-electron chi connectivity index (χ3n) is 6.26. The first-order valence-electron chi connectivity index (χ1n) is 11.6. The maximum atomic E-state index is 13.1. The molecule has 0 spiro atoms. The van der Waals surface area contributed by atoms with E-state index in [0.29, 0.717) is 28.3 Å². The largest absolute Gasteiger partial charge is 0.465 e.